The van der Waals surface area contributed by atoms with Crippen molar-refractivity contribution >= 4 is 29.4 Å². The smallest absolute Gasteiger partial charge is 0.331 e. The van der Waals surface area contributed by atoms with E-state index < -0.39 is 5.97 Å². The number of carbonyl (C=O) groups is 3. The number of esters is 1. The van der Waals surface area contributed by atoms with E-state index in [4.69, 9.17) is 9.47 Å². The van der Waals surface area contributed by atoms with Gasteiger partial charge < -0.3 is 14.8 Å². The van der Waals surface area contributed by atoms with Crippen molar-refractivity contribution < 1.29 is 23.9 Å². The Morgan fingerprint density at radius 1 is 1.00 bits per heavy atom. The van der Waals surface area contributed by atoms with Gasteiger partial charge >= 0.3 is 5.97 Å². The number of Topliss-reactive ketones (excluding diaryl/α,β-unsaturated/α-hetero) is 1. The molecule has 140 valence electrons. The van der Waals surface area contributed by atoms with E-state index in [2.05, 4.69) is 5.32 Å². The summed E-state index contributed by atoms with van der Waals surface area (Å²) in [5.41, 5.74) is 1.82. The second-order valence-corrected chi connectivity index (χ2v) is 5.62. The molecule has 27 heavy (non-hydrogen) atoms. The molecule has 1 N–H and O–H groups in total. The standard InChI is InChI=1S/C21H21NO5/c1-3-20(24)22-17-9-7-16(8-10-17)19(23)14-27-21(25)13-6-15-4-11-18(26-2)12-5-15/h4-13H,3,14H2,1-2H3,(H,22,24)/b13-6+. The van der Waals surface area contributed by atoms with Crippen LogP contribution in [0.5, 0.6) is 5.75 Å². The lowest BCUT2D eigenvalue weighted by Crippen LogP contribution is -2.13. The minimum Gasteiger partial charge on any atom is -0.497 e. The lowest BCUT2D eigenvalue weighted by atomic mass is 10.1. The first-order valence-corrected chi connectivity index (χ1v) is 8.44. The highest BCUT2D eigenvalue weighted by Crippen LogP contribution is 2.13. The maximum Gasteiger partial charge on any atom is 0.331 e. The van der Waals surface area contributed by atoms with Crippen LogP contribution in [0.15, 0.2) is 54.6 Å². The Hall–Kier alpha value is -3.41. The van der Waals surface area contributed by atoms with Crippen molar-refractivity contribution in [2.24, 2.45) is 0 Å². The summed E-state index contributed by atoms with van der Waals surface area (Å²) in [7, 11) is 1.58. The summed E-state index contributed by atoms with van der Waals surface area (Å²) in [6, 6.07) is 13.6. The molecule has 0 bridgehead atoms. The van der Waals surface area contributed by atoms with Crippen molar-refractivity contribution in [2.45, 2.75) is 13.3 Å². The van der Waals surface area contributed by atoms with Gasteiger partial charge in [0.15, 0.2) is 12.4 Å². The molecule has 0 aliphatic carbocycles. The van der Waals surface area contributed by atoms with E-state index >= 15 is 0 Å². The van der Waals surface area contributed by atoms with Crippen LogP contribution in [-0.4, -0.2) is 31.4 Å². The van der Waals surface area contributed by atoms with Crippen molar-refractivity contribution in [3.05, 3.63) is 65.7 Å². The topological polar surface area (TPSA) is 81.7 Å². The zero-order chi connectivity index (χ0) is 19.6. The van der Waals surface area contributed by atoms with Gasteiger partial charge in [-0.3, -0.25) is 9.59 Å². The molecule has 1 amide bonds. The zero-order valence-corrected chi connectivity index (χ0v) is 15.2. The Morgan fingerprint density at radius 3 is 2.26 bits per heavy atom. The highest BCUT2D eigenvalue weighted by atomic mass is 16.5. The third-order valence-corrected chi connectivity index (χ3v) is 3.68. The Bertz CT molecular complexity index is 823. The molecule has 6 nitrogen and oxygen atoms in total. The summed E-state index contributed by atoms with van der Waals surface area (Å²) in [6.45, 7) is 1.40. The van der Waals surface area contributed by atoms with Crippen LogP contribution in [0.4, 0.5) is 5.69 Å². The van der Waals surface area contributed by atoms with Gasteiger partial charge in [0.1, 0.15) is 5.75 Å². The quantitative estimate of drug-likeness (QED) is 0.439. The first kappa shape index (κ1) is 19.9. The number of nitrogens with one attached hydrogen (secondary N) is 1. The number of hydrogen-bond acceptors (Lipinski definition) is 5. The van der Waals surface area contributed by atoms with Crippen molar-refractivity contribution in [3.63, 3.8) is 0 Å². The van der Waals surface area contributed by atoms with Crippen molar-refractivity contribution in [1.82, 2.24) is 0 Å². The summed E-state index contributed by atoms with van der Waals surface area (Å²) < 4.78 is 10.0. The first-order chi connectivity index (χ1) is 13.0. The molecule has 0 fully saturated rings. The molecule has 0 spiro atoms. The fraction of sp³-hybridized carbons (Fsp3) is 0.190. The van der Waals surface area contributed by atoms with E-state index in [1.54, 1.807) is 68.6 Å². The number of ketones is 1. The highest BCUT2D eigenvalue weighted by molar-refractivity contribution is 5.99. The average Bonchev–Trinajstić information content (AvgIpc) is 2.71. The summed E-state index contributed by atoms with van der Waals surface area (Å²) in [4.78, 5) is 35.2. The largest absolute Gasteiger partial charge is 0.497 e. The third-order valence-electron chi connectivity index (χ3n) is 3.68. The van der Waals surface area contributed by atoms with Crippen molar-refractivity contribution in [1.29, 1.82) is 0 Å². The Labute approximate surface area is 157 Å². The minimum atomic E-state index is -0.606. The van der Waals surface area contributed by atoms with E-state index in [0.29, 0.717) is 17.7 Å². The van der Waals surface area contributed by atoms with Crippen LogP contribution in [0.1, 0.15) is 29.3 Å². The number of anilines is 1. The van der Waals surface area contributed by atoms with Crippen LogP contribution in [0, 0.1) is 0 Å². The molecule has 2 rings (SSSR count). The third kappa shape index (κ3) is 6.43. The zero-order valence-electron chi connectivity index (χ0n) is 15.2. The summed E-state index contributed by atoms with van der Waals surface area (Å²) in [5.74, 6) is -0.312. The monoisotopic (exact) mass is 367 g/mol. The fourth-order valence-electron chi connectivity index (χ4n) is 2.14. The van der Waals surface area contributed by atoms with Gasteiger partial charge in [-0.15, -0.1) is 0 Å². The van der Waals surface area contributed by atoms with E-state index in [-0.39, 0.29) is 18.3 Å². The Morgan fingerprint density at radius 2 is 1.67 bits per heavy atom. The van der Waals surface area contributed by atoms with Crippen molar-refractivity contribution in [3.8, 4) is 5.75 Å². The number of ether oxygens (including phenoxy) is 2. The van der Waals surface area contributed by atoms with E-state index in [9.17, 15) is 14.4 Å². The van der Waals surface area contributed by atoms with Gasteiger partial charge in [-0.25, -0.2) is 4.79 Å². The van der Waals surface area contributed by atoms with Gasteiger partial charge in [0, 0.05) is 23.7 Å². The van der Waals surface area contributed by atoms with Gasteiger partial charge in [0.25, 0.3) is 0 Å². The van der Waals surface area contributed by atoms with E-state index in [1.807, 2.05) is 0 Å². The number of benzene rings is 2. The van der Waals surface area contributed by atoms with Crippen molar-refractivity contribution in [2.75, 3.05) is 19.0 Å². The van der Waals surface area contributed by atoms with Gasteiger partial charge in [-0.2, -0.15) is 0 Å². The fourth-order valence-corrected chi connectivity index (χ4v) is 2.14. The molecular formula is C21H21NO5. The van der Waals surface area contributed by atoms with Crippen LogP contribution >= 0.6 is 0 Å². The van der Waals surface area contributed by atoms with Crippen LogP contribution in [0.25, 0.3) is 6.08 Å². The molecule has 2 aromatic carbocycles. The molecule has 0 aliphatic rings. The van der Waals surface area contributed by atoms with Gasteiger partial charge in [0.05, 0.1) is 7.11 Å². The summed E-state index contributed by atoms with van der Waals surface area (Å²) in [6.07, 6.45) is 3.23. The summed E-state index contributed by atoms with van der Waals surface area (Å²) >= 11 is 0. The molecule has 0 saturated heterocycles. The molecule has 6 heteroatoms. The van der Waals surface area contributed by atoms with Crippen LogP contribution < -0.4 is 10.1 Å². The van der Waals surface area contributed by atoms with E-state index in [0.717, 1.165) is 11.3 Å². The minimum absolute atomic E-state index is 0.105. The summed E-state index contributed by atoms with van der Waals surface area (Å²) in [5, 5.41) is 2.69. The normalized spacial score (nSPS) is 10.4. The van der Waals surface area contributed by atoms with Gasteiger partial charge in [0.2, 0.25) is 5.91 Å². The van der Waals surface area contributed by atoms with Gasteiger partial charge in [-0.05, 0) is 48.0 Å². The average molecular weight is 367 g/mol. The molecule has 0 unspecified atom stereocenters. The molecule has 0 saturated carbocycles. The van der Waals surface area contributed by atoms with Crippen LogP contribution in [0.2, 0.25) is 0 Å². The SMILES string of the molecule is CCC(=O)Nc1ccc(C(=O)COC(=O)/C=C/c2ccc(OC)cc2)cc1. The predicted octanol–water partition coefficient (Wildman–Crippen LogP) is 3.48. The van der Waals surface area contributed by atoms with Crippen LogP contribution in [0.3, 0.4) is 0 Å². The Kier molecular flexibility index (Phi) is 7.31. The molecule has 0 radical (unpaired) electrons. The molecule has 0 heterocycles. The number of amides is 1. The maximum absolute atomic E-state index is 12.1. The highest BCUT2D eigenvalue weighted by Gasteiger charge is 2.09. The van der Waals surface area contributed by atoms with Gasteiger partial charge in [-0.1, -0.05) is 19.1 Å². The number of hydrogen-bond donors (Lipinski definition) is 1. The molecule has 2 aromatic rings. The van der Waals surface area contributed by atoms with Crippen LogP contribution in [-0.2, 0) is 14.3 Å². The number of rotatable bonds is 8. The second-order valence-electron chi connectivity index (χ2n) is 5.62. The molecule has 0 aliphatic heterocycles. The first-order valence-electron chi connectivity index (χ1n) is 8.44. The molecular weight excluding hydrogens is 346 g/mol. The number of carbonyl (C=O) groups excluding carboxylic acids is 3. The predicted molar refractivity (Wildman–Crippen MR) is 103 cm³/mol. The molecule has 0 aromatic heterocycles. The Balaban J connectivity index is 1.84. The lowest BCUT2D eigenvalue weighted by Gasteiger charge is -2.05. The van der Waals surface area contributed by atoms with E-state index in [1.165, 1.54) is 6.08 Å². The maximum atomic E-state index is 12.1. The number of methoxy groups -OCH3 is 1. The second kappa shape index (κ2) is 9.91. The lowest BCUT2D eigenvalue weighted by molar-refractivity contribution is -0.136. The molecule has 0 atom stereocenters.